The van der Waals surface area contributed by atoms with E-state index in [9.17, 15) is 14.4 Å². The van der Waals surface area contributed by atoms with Gasteiger partial charge in [-0.2, -0.15) is 0 Å². The maximum Gasteiger partial charge on any atom is 0.339 e. The van der Waals surface area contributed by atoms with Crippen molar-refractivity contribution in [3.63, 3.8) is 0 Å². The fourth-order valence-corrected chi connectivity index (χ4v) is 3.96. The molecular weight excluding hydrogens is 374 g/mol. The molecule has 26 heavy (non-hydrogen) atoms. The molecule has 0 radical (unpaired) electrons. The van der Waals surface area contributed by atoms with E-state index in [1.165, 1.54) is 11.3 Å². The Kier molecular flexibility index (Phi) is 5.70. The lowest BCUT2D eigenvalue weighted by atomic mass is 10.2. The van der Waals surface area contributed by atoms with Crippen LogP contribution >= 0.6 is 22.9 Å². The summed E-state index contributed by atoms with van der Waals surface area (Å²) in [7, 11) is 0. The molecule has 1 aromatic heterocycles. The largest absolute Gasteiger partial charge is 0.339 e. The molecular formula is C18H19ClN3O3S+. The maximum atomic E-state index is 12.6. The number of halogens is 1. The minimum atomic E-state index is -0.770. The molecule has 1 fully saturated rings. The molecule has 0 saturated carbocycles. The van der Waals surface area contributed by atoms with E-state index >= 15 is 0 Å². The number of nitrogens with zero attached hydrogens (tertiary/aromatic N) is 2. The summed E-state index contributed by atoms with van der Waals surface area (Å²) in [5, 5.41) is 0. The third-order valence-corrected chi connectivity index (χ3v) is 5.48. The molecule has 3 rings (SSSR count). The van der Waals surface area contributed by atoms with Crippen molar-refractivity contribution in [1.82, 2.24) is 9.80 Å². The van der Waals surface area contributed by atoms with Crippen molar-refractivity contribution in [2.24, 2.45) is 0 Å². The Hall–Kier alpha value is -2.22. The van der Waals surface area contributed by atoms with Crippen LogP contribution in [0, 0.1) is 0 Å². The van der Waals surface area contributed by atoms with E-state index in [-0.39, 0.29) is 13.2 Å². The van der Waals surface area contributed by atoms with E-state index in [4.69, 9.17) is 11.6 Å². The summed E-state index contributed by atoms with van der Waals surface area (Å²) in [6.07, 6.45) is 0. The number of imide groups is 2. The summed E-state index contributed by atoms with van der Waals surface area (Å²) in [6.45, 7) is 3.57. The second kappa shape index (κ2) is 7.99. The van der Waals surface area contributed by atoms with Crippen molar-refractivity contribution in [1.29, 1.82) is 0 Å². The molecule has 1 aliphatic heterocycles. The van der Waals surface area contributed by atoms with Gasteiger partial charge in [0, 0.05) is 0 Å². The van der Waals surface area contributed by atoms with Gasteiger partial charge in [-0.25, -0.2) is 9.69 Å². The van der Waals surface area contributed by atoms with Crippen LogP contribution in [0.1, 0.15) is 17.4 Å². The van der Waals surface area contributed by atoms with Gasteiger partial charge in [-0.1, -0.05) is 41.9 Å². The Morgan fingerprint density at radius 3 is 2.31 bits per heavy atom. The number of thiophene rings is 1. The topological polar surface area (TPSA) is 62.1 Å². The fourth-order valence-electron chi connectivity index (χ4n) is 2.80. The highest BCUT2D eigenvalue weighted by molar-refractivity contribution is 7.16. The molecule has 1 N–H and O–H groups in total. The number of quaternary nitrogens is 1. The fraction of sp³-hybridized carbons (Fsp3) is 0.278. The predicted molar refractivity (Wildman–Crippen MR) is 98.6 cm³/mol. The number of carbonyl (C=O) groups excluding carboxylic acids is 3. The van der Waals surface area contributed by atoms with E-state index in [0.717, 1.165) is 25.1 Å². The smallest absolute Gasteiger partial charge is 0.313 e. The molecule has 136 valence electrons. The molecule has 0 aliphatic carbocycles. The standard InChI is InChI=1S/C18H18ClN3O3S/c1-2-20(11-14-8-9-15(19)26-14)12-22-17(24)16(23)21(18(22)25)10-13-6-4-3-5-7-13/h3-9H,2,10-12H2,1H3/p+1. The SMILES string of the molecule is CC[NH+](Cc1ccc(Cl)s1)CN1C(=O)C(=O)N(Cc2ccccc2)C1=O. The zero-order valence-corrected chi connectivity index (χ0v) is 15.8. The van der Waals surface area contributed by atoms with Crippen LogP contribution in [0.4, 0.5) is 4.79 Å². The van der Waals surface area contributed by atoms with Crippen LogP contribution in [0.25, 0.3) is 0 Å². The van der Waals surface area contributed by atoms with Crippen molar-refractivity contribution < 1.29 is 19.3 Å². The van der Waals surface area contributed by atoms with E-state index in [1.54, 1.807) is 0 Å². The van der Waals surface area contributed by atoms with Gasteiger partial charge in [0.2, 0.25) is 0 Å². The number of hydrogen-bond acceptors (Lipinski definition) is 4. The number of urea groups is 1. The van der Waals surface area contributed by atoms with Crippen molar-refractivity contribution in [2.75, 3.05) is 13.2 Å². The van der Waals surface area contributed by atoms with Gasteiger partial charge in [0.1, 0.15) is 6.54 Å². The third kappa shape index (κ3) is 3.95. The monoisotopic (exact) mass is 392 g/mol. The van der Waals surface area contributed by atoms with Gasteiger partial charge in [0.15, 0.2) is 6.67 Å². The molecule has 1 unspecified atom stereocenters. The Morgan fingerprint density at radius 2 is 1.69 bits per heavy atom. The first-order valence-electron chi connectivity index (χ1n) is 8.28. The Labute approximate surface area is 160 Å². The van der Waals surface area contributed by atoms with Crippen LogP contribution in [0.5, 0.6) is 0 Å². The number of benzene rings is 1. The molecule has 6 nitrogen and oxygen atoms in total. The molecule has 2 heterocycles. The zero-order valence-electron chi connectivity index (χ0n) is 14.3. The molecule has 0 bridgehead atoms. The molecule has 1 aromatic carbocycles. The summed E-state index contributed by atoms with van der Waals surface area (Å²) in [5.74, 6) is -1.53. The first-order valence-corrected chi connectivity index (χ1v) is 9.48. The van der Waals surface area contributed by atoms with Crippen molar-refractivity contribution in [3.8, 4) is 0 Å². The molecule has 1 saturated heterocycles. The predicted octanol–water partition coefficient (Wildman–Crippen LogP) is 1.75. The lowest BCUT2D eigenvalue weighted by molar-refractivity contribution is -0.918. The van der Waals surface area contributed by atoms with Crippen molar-refractivity contribution in [2.45, 2.75) is 20.0 Å². The van der Waals surface area contributed by atoms with Crippen LogP contribution in [0.15, 0.2) is 42.5 Å². The summed E-state index contributed by atoms with van der Waals surface area (Å²) in [4.78, 5) is 41.3. The number of amides is 4. The average molecular weight is 393 g/mol. The van der Waals surface area contributed by atoms with Crippen LogP contribution in [-0.4, -0.2) is 40.9 Å². The Balaban J connectivity index is 1.69. The lowest BCUT2D eigenvalue weighted by Gasteiger charge is -2.22. The van der Waals surface area contributed by atoms with Gasteiger partial charge < -0.3 is 4.90 Å². The normalized spacial score (nSPS) is 15.8. The highest BCUT2D eigenvalue weighted by Gasteiger charge is 2.45. The van der Waals surface area contributed by atoms with E-state index in [0.29, 0.717) is 17.4 Å². The second-order valence-electron chi connectivity index (χ2n) is 6.04. The van der Waals surface area contributed by atoms with Gasteiger partial charge in [-0.3, -0.25) is 14.5 Å². The Bertz CT molecular complexity index is 824. The van der Waals surface area contributed by atoms with Gasteiger partial charge in [-0.15, -0.1) is 11.3 Å². The van der Waals surface area contributed by atoms with Crippen molar-refractivity contribution in [3.05, 3.63) is 57.2 Å². The Morgan fingerprint density at radius 1 is 1.00 bits per heavy atom. The summed E-state index contributed by atoms with van der Waals surface area (Å²) in [5.41, 5.74) is 0.803. The van der Waals surface area contributed by atoms with E-state index < -0.39 is 17.8 Å². The van der Waals surface area contributed by atoms with Crippen molar-refractivity contribution >= 4 is 40.8 Å². The lowest BCUT2D eigenvalue weighted by Crippen LogP contribution is -3.12. The summed E-state index contributed by atoms with van der Waals surface area (Å²) < 4.78 is 0.702. The van der Waals surface area contributed by atoms with Gasteiger partial charge in [0.25, 0.3) is 0 Å². The van der Waals surface area contributed by atoms with Crippen LogP contribution < -0.4 is 4.90 Å². The average Bonchev–Trinajstić information content (AvgIpc) is 3.14. The number of hydrogen-bond donors (Lipinski definition) is 1. The van der Waals surface area contributed by atoms with Crippen LogP contribution in [0.3, 0.4) is 0 Å². The molecule has 0 spiro atoms. The highest BCUT2D eigenvalue weighted by atomic mass is 35.5. The third-order valence-electron chi connectivity index (χ3n) is 4.25. The van der Waals surface area contributed by atoms with Crippen LogP contribution in [-0.2, 0) is 22.7 Å². The second-order valence-corrected chi connectivity index (χ2v) is 7.84. The minimum absolute atomic E-state index is 0.0999. The summed E-state index contributed by atoms with van der Waals surface area (Å²) >= 11 is 7.43. The van der Waals surface area contributed by atoms with Gasteiger partial charge in [0.05, 0.1) is 22.3 Å². The molecule has 1 atom stereocenters. The van der Waals surface area contributed by atoms with Crippen LogP contribution in [0.2, 0.25) is 4.34 Å². The molecule has 8 heteroatoms. The summed E-state index contributed by atoms with van der Waals surface area (Å²) in [6, 6.07) is 12.3. The molecule has 4 amide bonds. The molecule has 2 aromatic rings. The quantitative estimate of drug-likeness (QED) is 0.577. The zero-order chi connectivity index (χ0) is 18.7. The van der Waals surface area contributed by atoms with Gasteiger partial charge in [-0.05, 0) is 24.6 Å². The van der Waals surface area contributed by atoms with E-state index in [1.807, 2.05) is 49.4 Å². The minimum Gasteiger partial charge on any atom is -0.313 e. The first kappa shape index (κ1) is 18.6. The molecule has 1 aliphatic rings. The highest BCUT2D eigenvalue weighted by Crippen LogP contribution is 2.20. The number of rotatable bonds is 7. The number of carbonyl (C=O) groups is 3. The van der Waals surface area contributed by atoms with E-state index in [2.05, 4.69) is 0 Å². The maximum absolute atomic E-state index is 12.6. The first-order chi connectivity index (χ1) is 12.5. The number of nitrogens with one attached hydrogen (secondary N) is 1. The van der Waals surface area contributed by atoms with Gasteiger partial charge >= 0.3 is 17.8 Å².